The topological polar surface area (TPSA) is 68.3 Å². The Morgan fingerprint density at radius 2 is 1.85 bits per heavy atom. The number of hydrogen-bond donors (Lipinski definition) is 1. The molecular weight excluding hydrogens is 344 g/mol. The van der Waals surface area contributed by atoms with E-state index in [1.807, 2.05) is 54.6 Å². The van der Waals surface area contributed by atoms with Crippen LogP contribution in [-0.2, 0) is 4.74 Å². The number of aromatic amines is 1. The van der Waals surface area contributed by atoms with Crippen molar-refractivity contribution in [2.24, 2.45) is 0 Å². The fourth-order valence-corrected chi connectivity index (χ4v) is 2.84. The molecule has 0 spiro atoms. The monoisotopic (exact) mass is 363 g/mol. The van der Waals surface area contributed by atoms with E-state index in [1.165, 1.54) is 4.68 Å². The van der Waals surface area contributed by atoms with Crippen molar-refractivity contribution in [2.75, 3.05) is 6.61 Å². The van der Waals surface area contributed by atoms with Gasteiger partial charge in [-0.05, 0) is 47.1 Å². The van der Waals surface area contributed by atoms with E-state index in [0.717, 1.165) is 42.9 Å². The Morgan fingerprint density at radius 1 is 1.04 bits per heavy atom. The maximum atomic E-state index is 12.0. The lowest BCUT2D eigenvalue weighted by Gasteiger charge is -2.23. The van der Waals surface area contributed by atoms with E-state index in [-0.39, 0.29) is 12.0 Å². The zero-order valence-electron chi connectivity index (χ0n) is 14.7. The van der Waals surface area contributed by atoms with Gasteiger partial charge in [-0.15, -0.1) is 0 Å². The fraction of sp³-hybridized carbons (Fsp3) is 0.238. The molecule has 0 amide bonds. The molecule has 1 saturated heterocycles. The average Bonchev–Trinajstić information content (AvgIpc) is 3.09. The molecule has 1 atom stereocenters. The summed E-state index contributed by atoms with van der Waals surface area (Å²) in [5.41, 5.74) is 1.26. The summed E-state index contributed by atoms with van der Waals surface area (Å²) in [5.74, 6) is 6.62. The van der Waals surface area contributed by atoms with E-state index in [4.69, 9.17) is 14.0 Å². The Bertz CT molecular complexity index is 1000. The summed E-state index contributed by atoms with van der Waals surface area (Å²) >= 11 is 0. The zero-order valence-corrected chi connectivity index (χ0v) is 14.7. The fourth-order valence-electron chi connectivity index (χ4n) is 2.84. The van der Waals surface area contributed by atoms with Gasteiger partial charge in [-0.2, -0.15) is 0 Å². The van der Waals surface area contributed by atoms with E-state index in [9.17, 15) is 4.79 Å². The molecule has 6 heteroatoms. The first-order valence-corrected chi connectivity index (χ1v) is 8.89. The number of aromatic nitrogens is 2. The SMILES string of the molecule is O=c1o[nH][n+](-c2ccccc2)c1C#Cc1ccc(OC2CCCCO2)cc1. The third-order valence-electron chi connectivity index (χ3n) is 4.25. The van der Waals surface area contributed by atoms with Crippen LogP contribution in [0, 0.1) is 11.8 Å². The number of benzene rings is 2. The van der Waals surface area contributed by atoms with Gasteiger partial charge in [-0.1, -0.05) is 24.1 Å². The van der Waals surface area contributed by atoms with Crippen molar-refractivity contribution in [2.45, 2.75) is 25.6 Å². The van der Waals surface area contributed by atoms with Gasteiger partial charge in [0.15, 0.2) is 6.29 Å². The van der Waals surface area contributed by atoms with Crippen LogP contribution in [0.4, 0.5) is 0 Å². The predicted octanol–water partition coefficient (Wildman–Crippen LogP) is 2.55. The van der Waals surface area contributed by atoms with Crippen molar-refractivity contribution < 1.29 is 18.7 Å². The molecule has 0 bridgehead atoms. The highest BCUT2D eigenvalue weighted by Crippen LogP contribution is 2.19. The summed E-state index contributed by atoms with van der Waals surface area (Å²) in [4.78, 5) is 12.0. The van der Waals surface area contributed by atoms with Gasteiger partial charge in [-0.25, -0.2) is 4.79 Å². The van der Waals surface area contributed by atoms with Gasteiger partial charge < -0.3 is 9.47 Å². The molecule has 136 valence electrons. The summed E-state index contributed by atoms with van der Waals surface area (Å²) in [7, 11) is 0. The first-order valence-electron chi connectivity index (χ1n) is 8.89. The summed E-state index contributed by atoms with van der Waals surface area (Å²) in [6.07, 6.45) is 2.94. The quantitative estimate of drug-likeness (QED) is 0.574. The van der Waals surface area contributed by atoms with Gasteiger partial charge in [0, 0.05) is 30.0 Å². The van der Waals surface area contributed by atoms with Crippen molar-refractivity contribution >= 4 is 0 Å². The maximum absolute atomic E-state index is 12.0. The first kappa shape index (κ1) is 17.1. The van der Waals surface area contributed by atoms with Crippen LogP contribution >= 0.6 is 0 Å². The first-order chi connectivity index (χ1) is 13.3. The van der Waals surface area contributed by atoms with E-state index in [0.29, 0.717) is 0 Å². The van der Waals surface area contributed by atoms with Gasteiger partial charge >= 0.3 is 11.3 Å². The third-order valence-corrected chi connectivity index (χ3v) is 4.25. The van der Waals surface area contributed by atoms with Crippen LogP contribution in [0.3, 0.4) is 0 Å². The van der Waals surface area contributed by atoms with Gasteiger partial charge in [0.1, 0.15) is 5.75 Å². The zero-order chi connectivity index (χ0) is 18.5. The van der Waals surface area contributed by atoms with Crippen molar-refractivity contribution in [3.63, 3.8) is 0 Å². The Labute approximate surface area is 156 Å². The van der Waals surface area contributed by atoms with Gasteiger partial charge in [0.05, 0.1) is 6.61 Å². The molecule has 1 unspecified atom stereocenters. The number of hydrogen-bond acceptors (Lipinski definition) is 4. The van der Waals surface area contributed by atoms with Crippen LogP contribution in [0.15, 0.2) is 63.9 Å². The lowest BCUT2D eigenvalue weighted by molar-refractivity contribution is -0.672. The Kier molecular flexibility index (Phi) is 5.04. The normalized spacial score (nSPS) is 16.4. The van der Waals surface area contributed by atoms with Crippen LogP contribution < -0.4 is 15.0 Å². The van der Waals surface area contributed by atoms with Crippen LogP contribution in [0.2, 0.25) is 0 Å². The smallest absolute Gasteiger partial charge is 0.444 e. The maximum Gasteiger partial charge on any atom is 0.444 e. The second kappa shape index (κ2) is 7.94. The largest absolute Gasteiger partial charge is 0.465 e. The van der Waals surface area contributed by atoms with Crippen LogP contribution in [-0.4, -0.2) is 18.2 Å². The summed E-state index contributed by atoms with van der Waals surface area (Å²) in [6.45, 7) is 0.745. The number of para-hydroxylation sites is 1. The molecule has 0 aliphatic carbocycles. The number of nitrogens with zero attached hydrogens (tertiary/aromatic N) is 1. The molecule has 2 aromatic carbocycles. The van der Waals surface area contributed by atoms with Crippen LogP contribution in [0.25, 0.3) is 5.69 Å². The highest BCUT2D eigenvalue weighted by Gasteiger charge is 2.21. The Morgan fingerprint density at radius 3 is 2.59 bits per heavy atom. The predicted molar refractivity (Wildman–Crippen MR) is 97.5 cm³/mol. The minimum Gasteiger partial charge on any atom is -0.465 e. The molecule has 1 N–H and O–H groups in total. The van der Waals surface area contributed by atoms with Crippen molar-refractivity contribution in [3.05, 3.63) is 76.3 Å². The lowest BCUT2D eigenvalue weighted by Crippen LogP contribution is -2.37. The molecule has 3 aromatic rings. The number of ether oxygens (including phenoxy) is 2. The van der Waals surface area contributed by atoms with Crippen LogP contribution in [0.5, 0.6) is 5.75 Å². The molecule has 1 aromatic heterocycles. The van der Waals surface area contributed by atoms with E-state index in [2.05, 4.69) is 17.1 Å². The van der Waals surface area contributed by atoms with Crippen molar-refractivity contribution in [1.82, 2.24) is 5.27 Å². The summed E-state index contributed by atoms with van der Waals surface area (Å²) < 4.78 is 17.8. The number of rotatable bonds is 3. The Balaban J connectivity index is 1.52. The molecule has 4 rings (SSSR count). The molecule has 27 heavy (non-hydrogen) atoms. The highest BCUT2D eigenvalue weighted by atomic mass is 16.7. The van der Waals surface area contributed by atoms with Crippen molar-refractivity contribution in [3.8, 4) is 23.3 Å². The second-order valence-corrected chi connectivity index (χ2v) is 6.19. The highest BCUT2D eigenvalue weighted by molar-refractivity contribution is 5.41. The van der Waals surface area contributed by atoms with Gasteiger partial charge in [0.2, 0.25) is 5.69 Å². The standard InChI is InChI=1S/C21H18N2O4/c24-21-19(23(22-27-21)17-6-2-1-3-7-17)14-11-16-9-12-18(13-10-16)26-20-8-4-5-15-25-20/h1-3,6-7,9-10,12-13,20H,4-5,8,15H2/p+1. The van der Waals surface area contributed by atoms with E-state index < -0.39 is 5.63 Å². The minimum absolute atomic E-state index is 0.176. The number of H-pyrrole nitrogens is 1. The lowest BCUT2D eigenvalue weighted by atomic mass is 10.2. The molecule has 1 aliphatic rings. The summed E-state index contributed by atoms with van der Waals surface area (Å²) in [5, 5.41) is 2.57. The molecule has 2 heterocycles. The van der Waals surface area contributed by atoms with E-state index in [1.54, 1.807) is 0 Å². The van der Waals surface area contributed by atoms with Gasteiger partial charge in [-0.3, -0.25) is 4.52 Å². The molecule has 0 radical (unpaired) electrons. The number of nitrogens with one attached hydrogen (secondary N) is 1. The Hall–Kier alpha value is -3.30. The molecule has 1 aliphatic heterocycles. The van der Waals surface area contributed by atoms with Crippen LogP contribution in [0.1, 0.15) is 30.5 Å². The van der Waals surface area contributed by atoms with Crippen molar-refractivity contribution in [1.29, 1.82) is 0 Å². The third kappa shape index (κ3) is 4.10. The molecular formula is C21H19N2O4+. The second-order valence-electron chi connectivity index (χ2n) is 6.19. The minimum atomic E-state index is -0.513. The van der Waals surface area contributed by atoms with E-state index >= 15 is 0 Å². The molecule has 1 fully saturated rings. The summed E-state index contributed by atoms with van der Waals surface area (Å²) in [6, 6.07) is 16.8. The molecule has 6 nitrogen and oxygen atoms in total. The average molecular weight is 363 g/mol. The van der Waals surface area contributed by atoms with Gasteiger partial charge in [0.25, 0.3) is 0 Å². The molecule has 0 saturated carbocycles.